The molecule has 2 unspecified atom stereocenters. The van der Waals surface area contributed by atoms with Crippen LogP contribution in [-0.2, 0) is 4.79 Å². The second kappa shape index (κ2) is 3.53. The average molecular weight is 213 g/mol. The predicted octanol–water partition coefficient (Wildman–Crippen LogP) is 0.837. The van der Waals surface area contributed by atoms with E-state index in [0.29, 0.717) is 6.42 Å². The molecule has 0 amide bonds. The Morgan fingerprint density at radius 1 is 1.79 bits per heavy atom. The van der Waals surface area contributed by atoms with Crippen LogP contribution in [0.3, 0.4) is 0 Å². The Bertz CT molecular complexity index is 327. The van der Waals surface area contributed by atoms with Gasteiger partial charge in [-0.05, 0) is 13.3 Å². The maximum absolute atomic E-state index is 10.9. The Morgan fingerprint density at radius 3 is 3.07 bits per heavy atom. The zero-order valence-electron chi connectivity index (χ0n) is 7.75. The molecule has 5 nitrogen and oxygen atoms in total. The summed E-state index contributed by atoms with van der Waals surface area (Å²) in [6.07, 6.45) is 2.19. The first-order valence-corrected chi connectivity index (χ1v) is 5.23. The van der Waals surface area contributed by atoms with E-state index in [-0.39, 0.29) is 12.0 Å². The minimum absolute atomic E-state index is 0.0143. The van der Waals surface area contributed by atoms with E-state index in [9.17, 15) is 4.79 Å². The first-order valence-electron chi connectivity index (χ1n) is 4.46. The molecule has 1 saturated heterocycles. The predicted molar refractivity (Wildman–Crippen MR) is 52.5 cm³/mol. The van der Waals surface area contributed by atoms with Crippen LogP contribution >= 0.6 is 11.5 Å². The third-order valence-electron chi connectivity index (χ3n) is 2.67. The molecule has 1 aromatic rings. The van der Waals surface area contributed by atoms with Crippen molar-refractivity contribution >= 4 is 22.6 Å². The lowest BCUT2D eigenvalue weighted by Gasteiger charge is -2.21. The molecular weight excluding hydrogens is 202 g/mol. The zero-order chi connectivity index (χ0) is 10.1. The fourth-order valence-electron chi connectivity index (χ4n) is 1.83. The molecule has 2 heterocycles. The van der Waals surface area contributed by atoms with Gasteiger partial charge in [-0.15, -0.1) is 0 Å². The van der Waals surface area contributed by atoms with Crippen LogP contribution in [0.2, 0.25) is 0 Å². The highest BCUT2D eigenvalue weighted by Gasteiger charge is 2.36. The lowest BCUT2D eigenvalue weighted by Crippen LogP contribution is -2.32. The summed E-state index contributed by atoms with van der Waals surface area (Å²) >= 11 is 1.31. The summed E-state index contributed by atoms with van der Waals surface area (Å²) < 4.78 is 3.91. The molecule has 0 radical (unpaired) electrons. The molecule has 6 heteroatoms. The average Bonchev–Trinajstić information content (AvgIpc) is 2.71. The van der Waals surface area contributed by atoms with Crippen LogP contribution in [0.15, 0.2) is 6.33 Å². The second-order valence-corrected chi connectivity index (χ2v) is 4.15. The van der Waals surface area contributed by atoms with Gasteiger partial charge in [0.2, 0.25) is 5.13 Å². The fraction of sp³-hybridized carbons (Fsp3) is 0.625. The van der Waals surface area contributed by atoms with Crippen LogP contribution < -0.4 is 4.90 Å². The van der Waals surface area contributed by atoms with Gasteiger partial charge in [-0.3, -0.25) is 4.79 Å². The number of rotatable bonds is 2. The largest absolute Gasteiger partial charge is 0.481 e. The third-order valence-corrected chi connectivity index (χ3v) is 3.37. The monoisotopic (exact) mass is 213 g/mol. The quantitative estimate of drug-likeness (QED) is 0.788. The van der Waals surface area contributed by atoms with Crippen molar-refractivity contribution in [1.82, 2.24) is 9.36 Å². The standard InChI is InChI=1S/C8H11N3O2S/c1-5-6(7(12)13)2-3-11(5)8-9-4-10-14-8/h4-6H,2-3H2,1H3,(H,12,13). The summed E-state index contributed by atoms with van der Waals surface area (Å²) in [7, 11) is 0. The first kappa shape index (κ1) is 9.39. The van der Waals surface area contributed by atoms with E-state index in [1.807, 2.05) is 11.8 Å². The van der Waals surface area contributed by atoms with Crippen LogP contribution in [-0.4, -0.2) is 33.0 Å². The third kappa shape index (κ3) is 1.45. The maximum Gasteiger partial charge on any atom is 0.308 e. The molecule has 14 heavy (non-hydrogen) atoms. The summed E-state index contributed by atoms with van der Waals surface area (Å²) in [6, 6.07) is 0.0143. The molecule has 1 aromatic heterocycles. The number of aliphatic carboxylic acids is 1. The number of anilines is 1. The summed E-state index contributed by atoms with van der Waals surface area (Å²) in [5, 5.41) is 9.76. The van der Waals surface area contributed by atoms with Crippen molar-refractivity contribution in [1.29, 1.82) is 0 Å². The van der Waals surface area contributed by atoms with E-state index in [2.05, 4.69) is 9.36 Å². The summed E-state index contributed by atoms with van der Waals surface area (Å²) in [5.41, 5.74) is 0. The first-order chi connectivity index (χ1) is 6.70. The van der Waals surface area contributed by atoms with Crippen molar-refractivity contribution < 1.29 is 9.90 Å². The number of carboxylic acid groups (broad SMARTS) is 1. The normalized spacial score (nSPS) is 26.8. The highest BCUT2D eigenvalue weighted by Crippen LogP contribution is 2.29. The maximum atomic E-state index is 10.9. The second-order valence-electron chi connectivity index (χ2n) is 3.39. The van der Waals surface area contributed by atoms with Crippen LogP contribution in [0.4, 0.5) is 5.13 Å². The van der Waals surface area contributed by atoms with Gasteiger partial charge in [0.15, 0.2) is 0 Å². The van der Waals surface area contributed by atoms with Crippen LogP contribution in [0.5, 0.6) is 0 Å². The molecule has 2 rings (SSSR count). The molecule has 76 valence electrons. The SMILES string of the molecule is CC1C(C(=O)O)CCN1c1ncns1. The van der Waals surface area contributed by atoms with Crippen molar-refractivity contribution in [2.24, 2.45) is 5.92 Å². The van der Waals surface area contributed by atoms with Gasteiger partial charge >= 0.3 is 5.97 Å². The lowest BCUT2D eigenvalue weighted by atomic mass is 10.0. The Morgan fingerprint density at radius 2 is 2.57 bits per heavy atom. The topological polar surface area (TPSA) is 66.3 Å². The van der Waals surface area contributed by atoms with Crippen molar-refractivity contribution in [3.05, 3.63) is 6.33 Å². The van der Waals surface area contributed by atoms with E-state index in [0.717, 1.165) is 11.7 Å². The van der Waals surface area contributed by atoms with Crippen molar-refractivity contribution in [3.8, 4) is 0 Å². The highest BCUT2D eigenvalue weighted by molar-refractivity contribution is 7.09. The van der Waals surface area contributed by atoms with Gasteiger partial charge in [0.25, 0.3) is 0 Å². The lowest BCUT2D eigenvalue weighted by molar-refractivity contribution is -0.141. The van der Waals surface area contributed by atoms with E-state index < -0.39 is 5.97 Å². The number of carbonyl (C=O) groups is 1. The summed E-state index contributed by atoms with van der Waals surface area (Å²) in [5.74, 6) is -0.997. The van der Waals surface area contributed by atoms with Gasteiger partial charge in [0, 0.05) is 24.1 Å². The van der Waals surface area contributed by atoms with Gasteiger partial charge in [0.05, 0.1) is 5.92 Å². The van der Waals surface area contributed by atoms with Crippen molar-refractivity contribution in [3.63, 3.8) is 0 Å². The fourth-order valence-corrected chi connectivity index (χ4v) is 2.48. The van der Waals surface area contributed by atoms with Crippen molar-refractivity contribution in [2.45, 2.75) is 19.4 Å². The molecule has 0 saturated carbocycles. The molecular formula is C8H11N3O2S. The van der Waals surface area contributed by atoms with Gasteiger partial charge in [-0.2, -0.15) is 4.37 Å². The van der Waals surface area contributed by atoms with Gasteiger partial charge in [-0.25, -0.2) is 4.98 Å². The molecule has 0 aromatic carbocycles. The minimum atomic E-state index is -0.718. The van der Waals surface area contributed by atoms with Gasteiger partial charge in [0.1, 0.15) is 6.33 Å². The highest BCUT2D eigenvalue weighted by atomic mass is 32.1. The van der Waals surface area contributed by atoms with Crippen LogP contribution in [0.25, 0.3) is 0 Å². The number of nitrogens with zero attached hydrogens (tertiary/aromatic N) is 3. The smallest absolute Gasteiger partial charge is 0.308 e. The summed E-state index contributed by atoms with van der Waals surface area (Å²) in [6.45, 7) is 2.68. The molecule has 2 atom stereocenters. The molecule has 1 aliphatic rings. The van der Waals surface area contributed by atoms with Gasteiger partial charge in [-0.1, -0.05) is 0 Å². The number of hydrogen-bond acceptors (Lipinski definition) is 5. The van der Waals surface area contributed by atoms with E-state index >= 15 is 0 Å². The molecule has 0 aliphatic carbocycles. The van der Waals surface area contributed by atoms with Gasteiger partial charge < -0.3 is 10.0 Å². The molecule has 1 fully saturated rings. The summed E-state index contributed by atoms with van der Waals surface area (Å²) in [4.78, 5) is 17.0. The molecule has 0 spiro atoms. The Balaban J connectivity index is 2.15. The van der Waals surface area contributed by atoms with Crippen molar-refractivity contribution in [2.75, 3.05) is 11.4 Å². The molecule has 1 N–H and O–H groups in total. The Kier molecular flexibility index (Phi) is 2.37. The minimum Gasteiger partial charge on any atom is -0.481 e. The Hall–Kier alpha value is -1.17. The van der Waals surface area contributed by atoms with E-state index in [1.165, 1.54) is 17.9 Å². The van der Waals surface area contributed by atoms with Crippen LogP contribution in [0, 0.1) is 5.92 Å². The number of aromatic nitrogens is 2. The Labute approximate surface area is 85.6 Å². The zero-order valence-corrected chi connectivity index (χ0v) is 8.57. The number of carboxylic acids is 1. The van der Waals surface area contributed by atoms with E-state index in [4.69, 9.17) is 5.11 Å². The molecule has 0 bridgehead atoms. The van der Waals surface area contributed by atoms with Crippen LogP contribution in [0.1, 0.15) is 13.3 Å². The van der Waals surface area contributed by atoms with E-state index in [1.54, 1.807) is 0 Å². The number of hydrogen-bond donors (Lipinski definition) is 1. The molecule has 1 aliphatic heterocycles.